The van der Waals surface area contributed by atoms with E-state index in [0.717, 1.165) is 29.8 Å². The van der Waals surface area contributed by atoms with Gasteiger partial charge < -0.3 is 9.84 Å². The van der Waals surface area contributed by atoms with Gasteiger partial charge >= 0.3 is 5.97 Å². The highest BCUT2D eigenvalue weighted by Gasteiger charge is 2.15. The van der Waals surface area contributed by atoms with Crippen LogP contribution in [0.3, 0.4) is 0 Å². The zero-order valence-corrected chi connectivity index (χ0v) is 9.19. The molecule has 0 bridgehead atoms. The molecule has 5 nitrogen and oxygen atoms in total. The van der Waals surface area contributed by atoms with Gasteiger partial charge in [0.1, 0.15) is 12.2 Å². The van der Waals surface area contributed by atoms with Crippen LogP contribution in [0, 0.1) is 6.92 Å². The van der Waals surface area contributed by atoms with Crippen molar-refractivity contribution in [2.24, 2.45) is 0 Å². The Bertz CT molecular complexity index is 418. The largest absolute Gasteiger partial charge is 0.481 e. The Morgan fingerprint density at radius 1 is 1.38 bits per heavy atom. The van der Waals surface area contributed by atoms with Gasteiger partial charge in [-0.1, -0.05) is 0 Å². The van der Waals surface area contributed by atoms with Crippen molar-refractivity contribution in [3.05, 3.63) is 22.8 Å². The molecule has 1 aliphatic rings. The predicted octanol–water partition coefficient (Wildman–Crippen LogP) is 0.527. The molecule has 0 spiro atoms. The molecular formula is C11H14N2O3. The fraction of sp³-hybridized carbons (Fsp3) is 0.545. The molecule has 16 heavy (non-hydrogen) atoms. The molecule has 0 saturated heterocycles. The van der Waals surface area contributed by atoms with Crippen LogP contribution < -0.4 is 0 Å². The number of nitrogens with zero attached hydrogens (tertiary/aromatic N) is 2. The standard InChI is InChI=1S/C11H14N2O3/c1-7-8-2-4-16-5-3-9(8)13-10(12-7)6-11(14)15/h2-6H2,1H3,(H,14,15). The predicted molar refractivity (Wildman–Crippen MR) is 56.3 cm³/mol. The van der Waals surface area contributed by atoms with Crippen LogP contribution in [0.1, 0.15) is 22.8 Å². The zero-order chi connectivity index (χ0) is 11.5. The molecule has 0 aliphatic carbocycles. The molecule has 1 N–H and O–H groups in total. The minimum atomic E-state index is -0.899. The number of hydrogen-bond acceptors (Lipinski definition) is 4. The normalized spacial score (nSPS) is 15.3. The monoisotopic (exact) mass is 222 g/mol. The Morgan fingerprint density at radius 3 is 2.88 bits per heavy atom. The summed E-state index contributed by atoms with van der Waals surface area (Å²) < 4.78 is 5.37. The Hall–Kier alpha value is -1.49. The average Bonchev–Trinajstić information content (AvgIpc) is 2.41. The van der Waals surface area contributed by atoms with Crippen molar-refractivity contribution in [1.29, 1.82) is 0 Å². The number of hydrogen-bond donors (Lipinski definition) is 1. The van der Waals surface area contributed by atoms with Gasteiger partial charge in [-0.2, -0.15) is 0 Å². The molecular weight excluding hydrogens is 208 g/mol. The second-order valence-electron chi connectivity index (χ2n) is 3.83. The number of carboxylic acid groups (broad SMARTS) is 1. The minimum Gasteiger partial charge on any atom is -0.481 e. The number of fused-ring (bicyclic) bond motifs is 1. The molecule has 0 atom stereocenters. The zero-order valence-electron chi connectivity index (χ0n) is 9.19. The van der Waals surface area contributed by atoms with Gasteiger partial charge in [0.2, 0.25) is 0 Å². The van der Waals surface area contributed by atoms with Crippen molar-refractivity contribution in [2.75, 3.05) is 13.2 Å². The molecule has 1 aliphatic heterocycles. The molecule has 0 aromatic carbocycles. The average molecular weight is 222 g/mol. The quantitative estimate of drug-likeness (QED) is 0.790. The van der Waals surface area contributed by atoms with E-state index in [-0.39, 0.29) is 6.42 Å². The maximum Gasteiger partial charge on any atom is 0.311 e. The van der Waals surface area contributed by atoms with Crippen molar-refractivity contribution < 1.29 is 14.6 Å². The van der Waals surface area contributed by atoms with Gasteiger partial charge in [-0.15, -0.1) is 0 Å². The van der Waals surface area contributed by atoms with Crippen LogP contribution >= 0.6 is 0 Å². The summed E-state index contributed by atoms with van der Waals surface area (Å²) in [5.74, 6) is -0.505. The lowest BCUT2D eigenvalue weighted by atomic mass is 10.1. The fourth-order valence-corrected chi connectivity index (χ4v) is 1.91. The van der Waals surface area contributed by atoms with Crippen molar-refractivity contribution in [1.82, 2.24) is 9.97 Å². The number of aryl methyl sites for hydroxylation is 1. The van der Waals surface area contributed by atoms with Gasteiger partial charge in [0.05, 0.1) is 13.2 Å². The molecule has 0 radical (unpaired) electrons. The van der Waals surface area contributed by atoms with E-state index < -0.39 is 5.97 Å². The first kappa shape index (κ1) is 11.0. The number of carbonyl (C=O) groups is 1. The molecule has 1 aromatic heterocycles. The highest BCUT2D eigenvalue weighted by molar-refractivity contribution is 5.69. The molecule has 0 amide bonds. The Balaban J connectivity index is 2.35. The minimum absolute atomic E-state index is 0.116. The van der Waals surface area contributed by atoms with Crippen molar-refractivity contribution >= 4 is 5.97 Å². The van der Waals surface area contributed by atoms with Crippen molar-refractivity contribution in [3.8, 4) is 0 Å². The molecule has 2 heterocycles. The molecule has 2 rings (SSSR count). The summed E-state index contributed by atoms with van der Waals surface area (Å²) in [5.41, 5.74) is 2.94. The van der Waals surface area contributed by atoms with Crippen LogP contribution in [0.25, 0.3) is 0 Å². The Labute approximate surface area is 93.5 Å². The maximum absolute atomic E-state index is 10.6. The lowest BCUT2D eigenvalue weighted by Crippen LogP contribution is -2.11. The first-order chi connectivity index (χ1) is 7.66. The van der Waals surface area contributed by atoms with Crippen LogP contribution in [0.5, 0.6) is 0 Å². The van der Waals surface area contributed by atoms with Crippen molar-refractivity contribution in [3.63, 3.8) is 0 Å². The Morgan fingerprint density at radius 2 is 2.12 bits per heavy atom. The van der Waals surface area contributed by atoms with Gasteiger partial charge in [-0.25, -0.2) is 9.97 Å². The van der Waals surface area contributed by atoms with E-state index in [4.69, 9.17) is 9.84 Å². The second-order valence-corrected chi connectivity index (χ2v) is 3.83. The van der Waals surface area contributed by atoms with Crippen LogP contribution in [-0.2, 0) is 28.8 Å². The van der Waals surface area contributed by atoms with E-state index in [1.807, 2.05) is 6.92 Å². The first-order valence-corrected chi connectivity index (χ1v) is 5.31. The second kappa shape index (κ2) is 4.57. The Kier molecular flexibility index (Phi) is 3.14. The van der Waals surface area contributed by atoms with Crippen LogP contribution in [-0.4, -0.2) is 34.3 Å². The lowest BCUT2D eigenvalue weighted by Gasteiger charge is -2.08. The van der Waals surface area contributed by atoms with E-state index >= 15 is 0 Å². The molecule has 5 heteroatoms. The highest BCUT2D eigenvalue weighted by atomic mass is 16.5. The van der Waals surface area contributed by atoms with E-state index in [9.17, 15) is 4.79 Å². The number of carboxylic acids is 1. The maximum atomic E-state index is 10.6. The summed E-state index contributed by atoms with van der Waals surface area (Å²) in [6, 6.07) is 0. The van der Waals surface area contributed by atoms with Crippen LogP contribution in [0.4, 0.5) is 0 Å². The van der Waals surface area contributed by atoms with Gasteiger partial charge in [-0.3, -0.25) is 4.79 Å². The SMILES string of the molecule is Cc1nc(CC(=O)O)nc2c1CCOCC2. The van der Waals surface area contributed by atoms with Gasteiger partial charge in [0.25, 0.3) is 0 Å². The smallest absolute Gasteiger partial charge is 0.311 e. The summed E-state index contributed by atoms with van der Waals surface area (Å²) in [6.07, 6.45) is 1.44. The van der Waals surface area contributed by atoms with Crippen molar-refractivity contribution in [2.45, 2.75) is 26.2 Å². The van der Waals surface area contributed by atoms with Crippen LogP contribution in [0.15, 0.2) is 0 Å². The molecule has 0 unspecified atom stereocenters. The fourth-order valence-electron chi connectivity index (χ4n) is 1.91. The first-order valence-electron chi connectivity index (χ1n) is 5.31. The molecule has 0 fully saturated rings. The number of ether oxygens (including phenoxy) is 1. The van der Waals surface area contributed by atoms with E-state index in [1.165, 1.54) is 0 Å². The number of aliphatic carboxylic acids is 1. The van der Waals surface area contributed by atoms with E-state index in [2.05, 4.69) is 9.97 Å². The third-order valence-corrected chi connectivity index (χ3v) is 2.63. The number of aromatic nitrogens is 2. The summed E-state index contributed by atoms with van der Waals surface area (Å²) in [4.78, 5) is 19.1. The van der Waals surface area contributed by atoms with E-state index in [0.29, 0.717) is 19.0 Å². The molecule has 86 valence electrons. The molecule has 0 saturated carbocycles. The summed E-state index contributed by atoms with van der Waals surface area (Å²) in [7, 11) is 0. The van der Waals surface area contributed by atoms with Gasteiger partial charge in [-0.05, 0) is 18.9 Å². The van der Waals surface area contributed by atoms with Gasteiger partial charge in [0, 0.05) is 17.8 Å². The topological polar surface area (TPSA) is 72.3 Å². The van der Waals surface area contributed by atoms with E-state index in [1.54, 1.807) is 0 Å². The third kappa shape index (κ3) is 2.36. The number of rotatable bonds is 2. The lowest BCUT2D eigenvalue weighted by molar-refractivity contribution is -0.136. The summed E-state index contributed by atoms with van der Waals surface area (Å²) >= 11 is 0. The third-order valence-electron chi connectivity index (χ3n) is 2.63. The van der Waals surface area contributed by atoms with Crippen LogP contribution in [0.2, 0.25) is 0 Å². The molecule has 1 aromatic rings. The summed E-state index contributed by atoms with van der Waals surface area (Å²) in [5, 5.41) is 8.71. The van der Waals surface area contributed by atoms with Gasteiger partial charge in [0.15, 0.2) is 0 Å². The highest BCUT2D eigenvalue weighted by Crippen LogP contribution is 2.16. The summed E-state index contributed by atoms with van der Waals surface area (Å²) in [6.45, 7) is 3.24.